The summed E-state index contributed by atoms with van der Waals surface area (Å²) in [7, 11) is 0. The van der Waals surface area contributed by atoms with Gasteiger partial charge in [0, 0.05) is 25.7 Å². The monoisotopic (exact) mass is 1230 g/mol. The summed E-state index contributed by atoms with van der Waals surface area (Å²) < 4.78 is 29.3. The van der Waals surface area contributed by atoms with E-state index in [1.165, 1.54) is 154 Å². The lowest BCUT2D eigenvalue weighted by Gasteiger charge is -2.24. The molecule has 0 aromatic carbocycles. The van der Waals surface area contributed by atoms with E-state index < -0.39 is 54.4 Å². The molecular formula is C78H136O10. The van der Waals surface area contributed by atoms with Gasteiger partial charge in [-0.25, -0.2) is 4.79 Å². The molecule has 0 aliphatic carbocycles. The molecule has 88 heavy (non-hydrogen) atoms. The summed E-state index contributed by atoms with van der Waals surface area (Å²) in [5.41, 5.74) is 0. The molecule has 0 radical (unpaired) electrons. The molecule has 0 saturated heterocycles. The fourth-order valence-electron chi connectivity index (χ4n) is 11.3. The van der Waals surface area contributed by atoms with Crippen molar-refractivity contribution in [3.63, 3.8) is 0 Å². The van der Waals surface area contributed by atoms with Gasteiger partial charge in [0.2, 0.25) is 11.9 Å². The topological polar surface area (TPSA) is 132 Å². The Balaban J connectivity index is 3.00. The van der Waals surface area contributed by atoms with E-state index in [-0.39, 0.29) is 31.4 Å². The van der Waals surface area contributed by atoms with Gasteiger partial charge in [0.1, 0.15) is 6.61 Å². The van der Waals surface area contributed by atoms with Gasteiger partial charge >= 0.3 is 29.8 Å². The second-order valence-electron chi connectivity index (χ2n) is 25.5. The number of carbonyl (C=O) groups excluding carboxylic acids is 5. The molecule has 10 heteroatoms. The van der Waals surface area contributed by atoms with Crippen molar-refractivity contribution in [3.8, 4) is 0 Å². The molecule has 0 saturated carbocycles. The van der Waals surface area contributed by atoms with Crippen LogP contribution in [0.15, 0.2) is 60.1 Å². The Bertz CT molecular complexity index is 1810. The summed E-state index contributed by atoms with van der Waals surface area (Å²) in [5.74, 6) is -4.07. The van der Waals surface area contributed by atoms with Gasteiger partial charge in [0.25, 0.3) is 5.76 Å². The van der Waals surface area contributed by atoms with Crippen molar-refractivity contribution in [1.82, 2.24) is 0 Å². The van der Waals surface area contributed by atoms with Crippen molar-refractivity contribution in [2.45, 2.75) is 399 Å². The third kappa shape index (κ3) is 52.8. The number of cyclic esters (lactones) is 1. The van der Waals surface area contributed by atoms with Crippen molar-refractivity contribution in [1.29, 1.82) is 0 Å². The zero-order valence-electron chi connectivity index (χ0n) is 57.7. The van der Waals surface area contributed by atoms with Crippen LogP contribution in [0.4, 0.5) is 0 Å². The molecule has 1 aliphatic rings. The van der Waals surface area contributed by atoms with E-state index in [0.29, 0.717) is 25.7 Å². The Morgan fingerprint density at radius 3 is 0.886 bits per heavy atom. The lowest BCUT2D eigenvalue weighted by molar-refractivity contribution is -0.172. The fraction of sp³-hybridized carbons (Fsp3) is 0.808. The van der Waals surface area contributed by atoms with Crippen LogP contribution in [0.2, 0.25) is 0 Å². The smallest absolute Gasteiger partial charge is 0.379 e. The molecule has 10 nitrogen and oxygen atoms in total. The minimum atomic E-state index is -1.46. The van der Waals surface area contributed by atoms with E-state index >= 15 is 0 Å². The molecule has 0 fully saturated rings. The van der Waals surface area contributed by atoms with Gasteiger partial charge < -0.3 is 23.7 Å². The SMILES string of the molecule is CCCCCCCC/C=C\CCCCCCCC(=O)OC[C@H](OC(=O)CCCCCCC/C=C\CCCCCCCC)[C@H]1OC(=O)C(OC(=O)CCCCCCC/C=C\CCCCCCCC)=C1OC(=O)CCCCCCC/C=C\CCCCCCCC. The first-order valence-corrected chi connectivity index (χ1v) is 37.6. The number of hydrogen-bond donors (Lipinski definition) is 0. The highest BCUT2D eigenvalue weighted by Gasteiger charge is 2.46. The fourth-order valence-corrected chi connectivity index (χ4v) is 11.3. The quantitative estimate of drug-likeness (QED) is 0.0251. The predicted molar refractivity (Wildman–Crippen MR) is 368 cm³/mol. The van der Waals surface area contributed by atoms with Gasteiger partial charge in [0.15, 0.2) is 6.10 Å². The summed E-state index contributed by atoms with van der Waals surface area (Å²) in [6.07, 6.45) is 74.8. The normalized spacial score (nSPS) is 13.9. The van der Waals surface area contributed by atoms with Crippen molar-refractivity contribution >= 4 is 29.8 Å². The summed E-state index contributed by atoms with van der Waals surface area (Å²) in [5, 5.41) is 0. The number of allylic oxidation sites excluding steroid dienone is 8. The Kier molecular flexibility index (Phi) is 60.2. The number of carbonyl (C=O) groups is 5. The first-order chi connectivity index (χ1) is 43.3. The van der Waals surface area contributed by atoms with Gasteiger partial charge in [-0.2, -0.15) is 0 Å². The average Bonchev–Trinajstić information content (AvgIpc) is 2.16. The first-order valence-electron chi connectivity index (χ1n) is 37.6. The van der Waals surface area contributed by atoms with E-state index in [0.717, 1.165) is 154 Å². The molecule has 1 aliphatic heterocycles. The molecule has 0 amide bonds. The molecule has 508 valence electrons. The standard InChI is InChI=1S/C78H136O10/c1-5-9-13-17-21-25-29-33-37-41-45-49-53-57-61-65-71(79)84-69-70(85-72(80)66-62-58-54-50-46-42-38-34-30-26-22-18-14-10-6-2)75-76(86-73(81)67-63-59-55-51-47-43-39-35-31-27-23-19-15-11-7-3)77(78(83)88-75)87-74(82)68-64-60-56-52-48-44-40-36-32-28-24-20-16-12-8-4/h33-40,70,75H,5-32,41-69H2,1-4H3/b37-33-,38-34-,39-35-,40-36-/t70-,75+/m0/s1. The van der Waals surface area contributed by atoms with Crippen LogP contribution < -0.4 is 0 Å². The van der Waals surface area contributed by atoms with Crippen LogP contribution in [0, 0.1) is 0 Å². The van der Waals surface area contributed by atoms with Crippen LogP contribution in [0.1, 0.15) is 387 Å². The number of ether oxygens (including phenoxy) is 5. The van der Waals surface area contributed by atoms with Crippen LogP contribution >= 0.6 is 0 Å². The Hall–Kier alpha value is -3.95. The maximum absolute atomic E-state index is 13.7. The van der Waals surface area contributed by atoms with Crippen molar-refractivity contribution in [3.05, 3.63) is 60.1 Å². The molecule has 2 atom stereocenters. The lowest BCUT2D eigenvalue weighted by atomic mass is 10.1. The molecular weight excluding hydrogens is 1100 g/mol. The van der Waals surface area contributed by atoms with Gasteiger partial charge in [-0.1, -0.05) is 282 Å². The first kappa shape index (κ1) is 82.1. The van der Waals surface area contributed by atoms with E-state index in [1.807, 2.05) is 0 Å². The summed E-state index contributed by atoms with van der Waals surface area (Å²) >= 11 is 0. The highest BCUT2D eigenvalue weighted by atomic mass is 16.7. The number of esters is 5. The van der Waals surface area contributed by atoms with E-state index in [2.05, 4.69) is 76.3 Å². The highest BCUT2D eigenvalue weighted by molar-refractivity contribution is 5.93. The van der Waals surface area contributed by atoms with Crippen LogP contribution in [0.25, 0.3) is 0 Å². The molecule has 0 N–H and O–H groups in total. The maximum atomic E-state index is 13.7. The Morgan fingerprint density at radius 2 is 0.580 bits per heavy atom. The average molecular weight is 1230 g/mol. The largest absolute Gasteiger partial charge is 0.462 e. The third-order valence-electron chi connectivity index (χ3n) is 16.9. The van der Waals surface area contributed by atoms with Gasteiger partial charge in [0.05, 0.1) is 0 Å². The molecule has 0 spiro atoms. The second-order valence-corrected chi connectivity index (χ2v) is 25.5. The summed E-state index contributed by atoms with van der Waals surface area (Å²) in [6.45, 7) is 8.58. The Morgan fingerprint density at radius 1 is 0.330 bits per heavy atom. The van der Waals surface area contributed by atoms with Crippen molar-refractivity contribution in [2.24, 2.45) is 0 Å². The molecule has 1 rings (SSSR count). The minimum Gasteiger partial charge on any atom is -0.462 e. The van der Waals surface area contributed by atoms with Crippen molar-refractivity contribution in [2.75, 3.05) is 6.61 Å². The number of rotatable bonds is 66. The van der Waals surface area contributed by atoms with Crippen LogP contribution in [-0.2, 0) is 47.7 Å². The molecule has 0 unspecified atom stereocenters. The third-order valence-corrected chi connectivity index (χ3v) is 16.9. The molecule has 0 bridgehead atoms. The van der Waals surface area contributed by atoms with Crippen LogP contribution in [0.5, 0.6) is 0 Å². The molecule has 0 aromatic rings. The van der Waals surface area contributed by atoms with Crippen molar-refractivity contribution < 1.29 is 47.7 Å². The van der Waals surface area contributed by atoms with Gasteiger partial charge in [-0.15, -0.1) is 0 Å². The molecule has 0 aromatic heterocycles. The number of unbranched alkanes of at least 4 members (excludes halogenated alkanes) is 44. The minimum absolute atomic E-state index is 0.0675. The zero-order chi connectivity index (χ0) is 63.7. The lowest BCUT2D eigenvalue weighted by Crippen LogP contribution is -2.38. The zero-order valence-corrected chi connectivity index (χ0v) is 57.7. The van der Waals surface area contributed by atoms with Crippen LogP contribution in [0.3, 0.4) is 0 Å². The molecule has 1 heterocycles. The van der Waals surface area contributed by atoms with Crippen LogP contribution in [-0.4, -0.2) is 48.7 Å². The maximum Gasteiger partial charge on any atom is 0.379 e. The van der Waals surface area contributed by atoms with Gasteiger partial charge in [-0.05, 0) is 128 Å². The second kappa shape index (κ2) is 64.6. The van der Waals surface area contributed by atoms with E-state index in [9.17, 15) is 24.0 Å². The van der Waals surface area contributed by atoms with Gasteiger partial charge in [-0.3, -0.25) is 19.2 Å². The Labute approximate surface area is 541 Å². The summed E-state index contributed by atoms with van der Waals surface area (Å²) in [6, 6.07) is 0. The number of hydrogen-bond acceptors (Lipinski definition) is 10. The summed E-state index contributed by atoms with van der Waals surface area (Å²) in [4.78, 5) is 67.8. The predicted octanol–water partition coefficient (Wildman–Crippen LogP) is 23.8. The highest BCUT2D eigenvalue weighted by Crippen LogP contribution is 2.31. The van der Waals surface area contributed by atoms with E-state index in [1.54, 1.807) is 0 Å². The van der Waals surface area contributed by atoms with E-state index in [4.69, 9.17) is 23.7 Å².